The Labute approximate surface area is 126 Å². The molecule has 1 aromatic rings. The molecule has 0 bridgehead atoms. The lowest BCUT2D eigenvalue weighted by atomic mass is 10.1. The highest BCUT2D eigenvalue weighted by Crippen LogP contribution is 2.00. The average molecular weight is 294 g/mol. The second kappa shape index (κ2) is 11.3. The molecule has 1 aromatic carbocycles. The van der Waals surface area contributed by atoms with Crippen molar-refractivity contribution in [1.29, 1.82) is 0 Å². The Morgan fingerprint density at radius 2 is 2.00 bits per heavy atom. The smallest absolute Gasteiger partial charge is 0.236 e. The van der Waals surface area contributed by atoms with Crippen LogP contribution < -0.4 is 11.1 Å². The Morgan fingerprint density at radius 1 is 1.24 bits per heavy atom. The van der Waals surface area contributed by atoms with E-state index in [4.69, 9.17) is 15.2 Å². The maximum atomic E-state index is 11.7. The zero-order valence-electron chi connectivity index (χ0n) is 12.7. The molecule has 118 valence electrons. The summed E-state index contributed by atoms with van der Waals surface area (Å²) in [5, 5.41) is 2.82. The van der Waals surface area contributed by atoms with Gasteiger partial charge in [-0.25, -0.2) is 0 Å². The lowest BCUT2D eigenvalue weighted by molar-refractivity contribution is -0.122. The van der Waals surface area contributed by atoms with Gasteiger partial charge in [0.1, 0.15) is 0 Å². The van der Waals surface area contributed by atoms with Crippen molar-refractivity contribution in [2.45, 2.75) is 31.9 Å². The summed E-state index contributed by atoms with van der Waals surface area (Å²) in [4.78, 5) is 11.7. The molecule has 1 atom stereocenters. The molecule has 0 radical (unpaired) electrons. The van der Waals surface area contributed by atoms with Crippen LogP contribution in [-0.4, -0.2) is 38.8 Å². The fourth-order valence-corrected chi connectivity index (χ4v) is 1.86. The van der Waals surface area contributed by atoms with E-state index in [-0.39, 0.29) is 5.91 Å². The summed E-state index contributed by atoms with van der Waals surface area (Å²) in [5.74, 6) is -0.103. The van der Waals surface area contributed by atoms with E-state index in [0.29, 0.717) is 32.8 Å². The molecule has 0 heterocycles. The maximum absolute atomic E-state index is 11.7. The van der Waals surface area contributed by atoms with Crippen molar-refractivity contribution in [3.05, 3.63) is 35.9 Å². The molecule has 0 fully saturated rings. The summed E-state index contributed by atoms with van der Waals surface area (Å²) in [6.07, 6.45) is 2.22. The van der Waals surface area contributed by atoms with E-state index in [1.165, 1.54) is 0 Å². The second-order valence-electron chi connectivity index (χ2n) is 4.92. The van der Waals surface area contributed by atoms with E-state index in [1.807, 2.05) is 30.3 Å². The van der Waals surface area contributed by atoms with Crippen LogP contribution in [0.3, 0.4) is 0 Å². The van der Waals surface area contributed by atoms with Crippen LogP contribution in [0.5, 0.6) is 0 Å². The van der Waals surface area contributed by atoms with Crippen molar-refractivity contribution in [3.8, 4) is 0 Å². The van der Waals surface area contributed by atoms with Crippen LogP contribution in [0.4, 0.5) is 0 Å². The summed E-state index contributed by atoms with van der Waals surface area (Å²) in [6, 6.07) is 9.56. The van der Waals surface area contributed by atoms with Gasteiger partial charge in [0, 0.05) is 26.9 Å². The van der Waals surface area contributed by atoms with E-state index in [9.17, 15) is 4.79 Å². The number of carbonyl (C=O) groups is 1. The summed E-state index contributed by atoms with van der Waals surface area (Å²) < 4.78 is 10.5. The number of nitrogens with two attached hydrogens (primary N) is 1. The summed E-state index contributed by atoms with van der Waals surface area (Å²) in [6.45, 7) is 2.44. The summed E-state index contributed by atoms with van der Waals surface area (Å²) in [7, 11) is 1.64. The Morgan fingerprint density at radius 3 is 2.71 bits per heavy atom. The highest BCUT2D eigenvalue weighted by molar-refractivity contribution is 5.81. The van der Waals surface area contributed by atoms with Gasteiger partial charge in [0.2, 0.25) is 5.91 Å². The molecular formula is C16H26N2O3. The van der Waals surface area contributed by atoms with Crippen molar-refractivity contribution < 1.29 is 14.3 Å². The van der Waals surface area contributed by atoms with Crippen molar-refractivity contribution in [2.24, 2.45) is 5.73 Å². The fourth-order valence-electron chi connectivity index (χ4n) is 1.86. The van der Waals surface area contributed by atoms with E-state index in [0.717, 1.165) is 18.4 Å². The molecule has 1 amide bonds. The van der Waals surface area contributed by atoms with Gasteiger partial charge in [-0.15, -0.1) is 0 Å². The predicted molar refractivity (Wildman–Crippen MR) is 82.8 cm³/mol. The lowest BCUT2D eigenvalue weighted by Gasteiger charge is -2.12. The highest BCUT2D eigenvalue weighted by atomic mass is 16.5. The van der Waals surface area contributed by atoms with Crippen molar-refractivity contribution in [3.63, 3.8) is 0 Å². The normalized spacial score (nSPS) is 12.1. The van der Waals surface area contributed by atoms with Crippen LogP contribution in [0.1, 0.15) is 24.8 Å². The molecule has 0 aliphatic rings. The Balaban J connectivity index is 1.99. The third-order valence-electron chi connectivity index (χ3n) is 3.08. The average Bonchev–Trinajstić information content (AvgIpc) is 2.51. The molecule has 3 N–H and O–H groups in total. The molecule has 1 rings (SSSR count). The molecule has 0 aromatic heterocycles. The monoisotopic (exact) mass is 294 g/mol. The topological polar surface area (TPSA) is 73.6 Å². The van der Waals surface area contributed by atoms with Gasteiger partial charge in [0.05, 0.1) is 12.6 Å². The van der Waals surface area contributed by atoms with Gasteiger partial charge in [0.15, 0.2) is 0 Å². The minimum atomic E-state index is -0.453. The van der Waals surface area contributed by atoms with Crippen LogP contribution in [0.2, 0.25) is 0 Å². The number of methoxy groups -OCH3 is 1. The molecule has 0 aliphatic heterocycles. The first kappa shape index (κ1) is 17.6. The Hall–Kier alpha value is -1.43. The Bertz CT molecular complexity index is 384. The van der Waals surface area contributed by atoms with Crippen LogP contribution in [0.25, 0.3) is 0 Å². The minimum absolute atomic E-state index is 0.103. The first-order valence-corrected chi connectivity index (χ1v) is 7.38. The van der Waals surface area contributed by atoms with Crippen molar-refractivity contribution >= 4 is 5.91 Å². The predicted octanol–water partition coefficient (Wildman–Crippen LogP) is 1.46. The molecular weight excluding hydrogens is 268 g/mol. The lowest BCUT2D eigenvalue weighted by Crippen LogP contribution is -2.41. The quantitative estimate of drug-likeness (QED) is 0.606. The number of ether oxygens (including phenoxy) is 2. The van der Waals surface area contributed by atoms with E-state index in [2.05, 4.69) is 5.32 Å². The molecule has 0 aliphatic carbocycles. The molecule has 21 heavy (non-hydrogen) atoms. The van der Waals surface area contributed by atoms with Gasteiger partial charge >= 0.3 is 0 Å². The first-order valence-electron chi connectivity index (χ1n) is 7.38. The second-order valence-corrected chi connectivity index (χ2v) is 4.92. The van der Waals surface area contributed by atoms with Crippen LogP contribution >= 0.6 is 0 Å². The SMILES string of the molecule is COCCCC(N)C(=O)NCCCOCc1ccccc1. The van der Waals surface area contributed by atoms with Gasteiger partial charge in [-0.05, 0) is 24.8 Å². The molecule has 1 unspecified atom stereocenters. The van der Waals surface area contributed by atoms with Gasteiger partial charge in [-0.3, -0.25) is 4.79 Å². The molecule has 5 heteroatoms. The zero-order valence-corrected chi connectivity index (χ0v) is 12.7. The largest absolute Gasteiger partial charge is 0.385 e. The number of hydrogen-bond acceptors (Lipinski definition) is 4. The third-order valence-corrected chi connectivity index (χ3v) is 3.08. The number of amides is 1. The number of carbonyl (C=O) groups excluding carboxylic acids is 1. The third kappa shape index (κ3) is 8.45. The minimum Gasteiger partial charge on any atom is -0.385 e. The number of nitrogens with one attached hydrogen (secondary N) is 1. The first-order chi connectivity index (χ1) is 10.2. The Kier molecular flexibility index (Phi) is 9.44. The summed E-state index contributed by atoms with van der Waals surface area (Å²) >= 11 is 0. The standard InChI is InChI=1S/C16H26N2O3/c1-20-11-5-9-15(17)16(19)18-10-6-12-21-13-14-7-3-2-4-8-14/h2-4,7-8,15H,5-6,9-13,17H2,1H3,(H,18,19). The van der Waals surface area contributed by atoms with Gasteiger partial charge in [-0.1, -0.05) is 30.3 Å². The number of hydrogen-bond donors (Lipinski definition) is 2. The van der Waals surface area contributed by atoms with E-state index >= 15 is 0 Å². The van der Waals surface area contributed by atoms with E-state index in [1.54, 1.807) is 7.11 Å². The molecule has 0 saturated heterocycles. The van der Waals surface area contributed by atoms with Gasteiger partial charge in [-0.2, -0.15) is 0 Å². The van der Waals surface area contributed by atoms with Gasteiger partial charge in [0.25, 0.3) is 0 Å². The molecule has 5 nitrogen and oxygen atoms in total. The van der Waals surface area contributed by atoms with Gasteiger partial charge < -0.3 is 20.5 Å². The fraction of sp³-hybridized carbons (Fsp3) is 0.562. The van der Waals surface area contributed by atoms with Crippen LogP contribution in [0.15, 0.2) is 30.3 Å². The molecule has 0 saturated carbocycles. The molecule has 0 spiro atoms. The maximum Gasteiger partial charge on any atom is 0.236 e. The highest BCUT2D eigenvalue weighted by Gasteiger charge is 2.11. The summed E-state index contributed by atoms with van der Waals surface area (Å²) in [5.41, 5.74) is 6.93. The van der Waals surface area contributed by atoms with E-state index < -0.39 is 6.04 Å². The van der Waals surface area contributed by atoms with Crippen molar-refractivity contribution in [2.75, 3.05) is 26.9 Å². The van der Waals surface area contributed by atoms with Crippen molar-refractivity contribution in [1.82, 2.24) is 5.32 Å². The number of rotatable bonds is 11. The zero-order chi connectivity index (χ0) is 15.3. The van der Waals surface area contributed by atoms with Crippen LogP contribution in [0, 0.1) is 0 Å². The number of benzene rings is 1. The van der Waals surface area contributed by atoms with Crippen LogP contribution in [-0.2, 0) is 20.9 Å².